The number of imidazole rings is 1. The molecule has 4 rings (SSSR count). The van der Waals surface area contributed by atoms with Crippen molar-refractivity contribution in [3.05, 3.63) is 89.7 Å². The third-order valence-electron chi connectivity index (χ3n) is 5.14. The Hall–Kier alpha value is -3.80. The number of hydrogen-bond donors (Lipinski definition) is 1. The van der Waals surface area contributed by atoms with E-state index in [1.54, 1.807) is 0 Å². The molecule has 0 aliphatic heterocycles. The lowest BCUT2D eigenvalue weighted by atomic mass is 10.1. The molecule has 0 radical (unpaired) electrons. The lowest BCUT2D eigenvalue weighted by Gasteiger charge is -2.14. The van der Waals surface area contributed by atoms with Crippen LogP contribution in [-0.2, 0) is 13.1 Å². The van der Waals surface area contributed by atoms with E-state index < -0.39 is 0 Å². The molecule has 0 atom stereocenters. The number of carbonyl (C=O) groups excluding carboxylic acids is 1. The Kier molecular flexibility index (Phi) is 6.70. The molecule has 6 nitrogen and oxygen atoms in total. The number of rotatable bonds is 9. The van der Waals surface area contributed by atoms with Crippen LogP contribution in [0.2, 0.25) is 0 Å². The minimum absolute atomic E-state index is 0.116. The summed E-state index contributed by atoms with van der Waals surface area (Å²) in [6.07, 6.45) is 0. The molecule has 0 unspecified atom stereocenters. The van der Waals surface area contributed by atoms with Crippen molar-refractivity contribution in [1.82, 2.24) is 14.9 Å². The largest absolute Gasteiger partial charge is 0.490 e. The van der Waals surface area contributed by atoms with E-state index >= 15 is 0 Å². The lowest BCUT2D eigenvalue weighted by molar-refractivity contribution is 0.0949. The summed E-state index contributed by atoms with van der Waals surface area (Å²) in [4.78, 5) is 17.3. The van der Waals surface area contributed by atoms with E-state index in [4.69, 9.17) is 14.5 Å². The summed E-state index contributed by atoms with van der Waals surface area (Å²) >= 11 is 0. The molecule has 32 heavy (non-hydrogen) atoms. The first-order valence-corrected chi connectivity index (χ1v) is 10.8. The molecule has 1 N–H and O–H groups in total. The summed E-state index contributed by atoms with van der Waals surface area (Å²) in [5.74, 6) is 2.12. The van der Waals surface area contributed by atoms with Crippen LogP contribution in [0.5, 0.6) is 11.5 Å². The monoisotopic (exact) mass is 429 g/mol. The maximum absolute atomic E-state index is 12.6. The zero-order chi connectivity index (χ0) is 22.3. The molecule has 4 aromatic rings. The van der Waals surface area contributed by atoms with Crippen LogP contribution in [0.15, 0.2) is 72.8 Å². The second-order valence-corrected chi connectivity index (χ2v) is 7.45. The van der Waals surface area contributed by atoms with Gasteiger partial charge in [0.15, 0.2) is 11.5 Å². The zero-order valence-corrected chi connectivity index (χ0v) is 18.4. The Morgan fingerprint density at radius 3 is 2.50 bits per heavy atom. The Labute approximate surface area is 187 Å². The highest BCUT2D eigenvalue weighted by Gasteiger charge is 2.13. The summed E-state index contributed by atoms with van der Waals surface area (Å²) in [5.41, 5.74) is 3.59. The van der Waals surface area contributed by atoms with Crippen LogP contribution in [0.4, 0.5) is 0 Å². The molecular weight excluding hydrogens is 402 g/mol. The highest BCUT2D eigenvalue weighted by molar-refractivity contribution is 5.94. The van der Waals surface area contributed by atoms with Crippen LogP contribution in [0.1, 0.15) is 28.7 Å². The quantitative estimate of drug-likeness (QED) is 0.417. The third kappa shape index (κ3) is 4.91. The average Bonchev–Trinajstić information content (AvgIpc) is 3.16. The Morgan fingerprint density at radius 1 is 0.969 bits per heavy atom. The first-order chi connectivity index (χ1) is 15.7. The minimum atomic E-state index is -0.116. The van der Waals surface area contributed by atoms with Crippen LogP contribution >= 0.6 is 0 Å². The first-order valence-electron chi connectivity index (χ1n) is 10.8. The average molecular weight is 430 g/mol. The predicted octanol–water partition coefficient (Wildman–Crippen LogP) is 4.75. The molecule has 6 heteroatoms. The normalized spacial score (nSPS) is 10.8. The van der Waals surface area contributed by atoms with Gasteiger partial charge in [-0.05, 0) is 50.2 Å². The molecule has 1 heterocycles. The van der Waals surface area contributed by atoms with Crippen molar-refractivity contribution in [3.63, 3.8) is 0 Å². The maximum Gasteiger partial charge on any atom is 0.251 e. The van der Waals surface area contributed by atoms with Crippen LogP contribution in [0, 0.1) is 6.92 Å². The number of hydrogen-bond acceptors (Lipinski definition) is 4. The number of nitrogens with zero attached hydrogens (tertiary/aromatic N) is 2. The van der Waals surface area contributed by atoms with Gasteiger partial charge in [0.25, 0.3) is 5.91 Å². The van der Waals surface area contributed by atoms with Gasteiger partial charge >= 0.3 is 0 Å². The van der Waals surface area contributed by atoms with Crippen molar-refractivity contribution in [2.45, 2.75) is 26.9 Å². The van der Waals surface area contributed by atoms with Gasteiger partial charge in [0.2, 0.25) is 0 Å². The molecule has 1 aromatic heterocycles. The van der Waals surface area contributed by atoms with Crippen molar-refractivity contribution >= 4 is 16.9 Å². The van der Waals surface area contributed by atoms with E-state index in [9.17, 15) is 4.79 Å². The summed E-state index contributed by atoms with van der Waals surface area (Å²) in [6, 6.07) is 23.2. The topological polar surface area (TPSA) is 65.4 Å². The molecule has 0 bridgehead atoms. The standard InChI is InChI=1S/C26H27N3O3/c1-3-31-23-13-6-7-14-24(23)32-16-15-29-22-12-5-4-11-21(22)28-25(29)18-27-26(30)20-10-8-9-19(2)17-20/h4-14,17H,3,15-16,18H2,1-2H3,(H,27,30). The zero-order valence-electron chi connectivity index (χ0n) is 18.4. The molecule has 0 fully saturated rings. The minimum Gasteiger partial charge on any atom is -0.490 e. The van der Waals surface area contributed by atoms with Crippen LogP contribution in [0.25, 0.3) is 11.0 Å². The predicted molar refractivity (Wildman–Crippen MR) is 125 cm³/mol. The van der Waals surface area contributed by atoms with Gasteiger partial charge in [-0.2, -0.15) is 0 Å². The van der Waals surface area contributed by atoms with Gasteiger partial charge in [-0.1, -0.05) is 42.0 Å². The second-order valence-electron chi connectivity index (χ2n) is 7.45. The number of ether oxygens (including phenoxy) is 2. The van der Waals surface area contributed by atoms with Crippen LogP contribution in [0.3, 0.4) is 0 Å². The van der Waals surface area contributed by atoms with Gasteiger partial charge in [0.05, 0.1) is 30.7 Å². The molecule has 1 amide bonds. The fourth-order valence-corrected chi connectivity index (χ4v) is 3.65. The van der Waals surface area contributed by atoms with Crippen molar-refractivity contribution < 1.29 is 14.3 Å². The maximum atomic E-state index is 12.6. The number of para-hydroxylation sites is 4. The van der Waals surface area contributed by atoms with Gasteiger partial charge in [-0.3, -0.25) is 4.79 Å². The first kappa shape index (κ1) is 21.4. The van der Waals surface area contributed by atoms with E-state index in [2.05, 4.69) is 9.88 Å². The summed E-state index contributed by atoms with van der Waals surface area (Å²) in [7, 11) is 0. The summed E-state index contributed by atoms with van der Waals surface area (Å²) < 4.78 is 13.7. The Balaban J connectivity index is 1.49. The van der Waals surface area contributed by atoms with Gasteiger partial charge in [-0.25, -0.2) is 4.98 Å². The highest BCUT2D eigenvalue weighted by Crippen LogP contribution is 2.26. The van der Waals surface area contributed by atoms with Crippen molar-refractivity contribution in [1.29, 1.82) is 0 Å². The van der Waals surface area contributed by atoms with E-state index in [-0.39, 0.29) is 5.91 Å². The molecule has 0 aliphatic rings. The number of nitrogens with one attached hydrogen (secondary N) is 1. The number of aromatic nitrogens is 2. The molecule has 164 valence electrons. The van der Waals surface area contributed by atoms with Gasteiger partial charge in [0, 0.05) is 5.56 Å². The van der Waals surface area contributed by atoms with Crippen molar-refractivity contribution in [2.24, 2.45) is 0 Å². The molecule has 0 saturated carbocycles. The fourth-order valence-electron chi connectivity index (χ4n) is 3.65. The van der Waals surface area contributed by atoms with E-state index in [0.717, 1.165) is 28.2 Å². The van der Waals surface area contributed by atoms with E-state index in [0.29, 0.717) is 37.6 Å². The van der Waals surface area contributed by atoms with Crippen LogP contribution < -0.4 is 14.8 Å². The van der Waals surface area contributed by atoms with Crippen molar-refractivity contribution in [2.75, 3.05) is 13.2 Å². The summed E-state index contributed by atoms with van der Waals surface area (Å²) in [5, 5.41) is 2.99. The number of amides is 1. The highest BCUT2D eigenvalue weighted by atomic mass is 16.5. The Morgan fingerprint density at radius 2 is 1.72 bits per heavy atom. The third-order valence-corrected chi connectivity index (χ3v) is 5.14. The Bertz CT molecular complexity index is 1220. The number of fused-ring (bicyclic) bond motifs is 1. The summed E-state index contributed by atoms with van der Waals surface area (Å²) in [6.45, 7) is 5.87. The molecular formula is C26H27N3O3. The number of carbonyl (C=O) groups is 1. The fraction of sp³-hybridized carbons (Fsp3) is 0.231. The van der Waals surface area contributed by atoms with Crippen molar-refractivity contribution in [3.8, 4) is 11.5 Å². The molecule has 3 aromatic carbocycles. The van der Waals surface area contributed by atoms with E-state index in [1.165, 1.54) is 0 Å². The van der Waals surface area contributed by atoms with Gasteiger partial charge < -0.3 is 19.4 Å². The molecule has 0 saturated heterocycles. The number of aryl methyl sites for hydroxylation is 1. The second kappa shape index (κ2) is 10.0. The SMILES string of the molecule is CCOc1ccccc1OCCn1c(CNC(=O)c2cccc(C)c2)nc2ccccc21. The smallest absolute Gasteiger partial charge is 0.251 e. The van der Waals surface area contributed by atoms with Gasteiger partial charge in [-0.15, -0.1) is 0 Å². The van der Waals surface area contributed by atoms with Gasteiger partial charge in [0.1, 0.15) is 12.4 Å². The number of benzene rings is 3. The van der Waals surface area contributed by atoms with E-state index in [1.807, 2.05) is 86.6 Å². The lowest BCUT2D eigenvalue weighted by Crippen LogP contribution is -2.25. The molecule has 0 spiro atoms. The molecule has 0 aliphatic carbocycles. The van der Waals surface area contributed by atoms with Crippen LogP contribution in [-0.4, -0.2) is 28.7 Å².